The molecule has 0 saturated heterocycles. The van der Waals surface area contributed by atoms with Gasteiger partial charge < -0.3 is 9.84 Å². The summed E-state index contributed by atoms with van der Waals surface area (Å²) >= 11 is 0. The van der Waals surface area contributed by atoms with Crippen LogP contribution in [-0.2, 0) is 4.74 Å². The third-order valence-corrected chi connectivity index (χ3v) is 4.98. The number of hydrogen-bond donors (Lipinski definition) is 1. The molecular formula is C17H35NO2. The van der Waals surface area contributed by atoms with Crippen molar-refractivity contribution in [2.75, 3.05) is 20.3 Å². The number of ether oxygens (including phenoxy) is 1. The molecule has 0 aromatic heterocycles. The molecule has 20 heavy (non-hydrogen) atoms. The van der Waals surface area contributed by atoms with Gasteiger partial charge in [0, 0.05) is 25.7 Å². The molecule has 1 fully saturated rings. The first-order valence-electron chi connectivity index (χ1n) is 8.60. The molecule has 120 valence electrons. The molecule has 0 heterocycles. The van der Waals surface area contributed by atoms with E-state index in [9.17, 15) is 5.11 Å². The average molecular weight is 285 g/mol. The summed E-state index contributed by atoms with van der Waals surface area (Å²) in [5.74, 6) is 0.799. The average Bonchev–Trinajstić information content (AvgIpc) is 2.46. The fourth-order valence-corrected chi connectivity index (χ4v) is 3.82. The summed E-state index contributed by atoms with van der Waals surface area (Å²) in [7, 11) is 1.77. The number of aliphatic hydroxyl groups excluding tert-OH is 1. The highest BCUT2D eigenvalue weighted by molar-refractivity contribution is 4.89. The standard InChI is InChI=1S/C17H35NO2/c1-5-8-14-9-10-17(19)16(13-14)18(11-12-20-4)15(6-2)7-3/h14-17,19H,5-13H2,1-4H3. The minimum absolute atomic E-state index is 0.152. The van der Waals surface area contributed by atoms with Crippen LogP contribution in [0.25, 0.3) is 0 Å². The Kier molecular flexibility index (Phi) is 8.74. The van der Waals surface area contributed by atoms with E-state index < -0.39 is 0 Å². The van der Waals surface area contributed by atoms with Gasteiger partial charge in [0.25, 0.3) is 0 Å². The highest BCUT2D eigenvalue weighted by Gasteiger charge is 2.35. The van der Waals surface area contributed by atoms with Crippen molar-refractivity contribution in [2.24, 2.45) is 5.92 Å². The van der Waals surface area contributed by atoms with E-state index in [1.807, 2.05) is 0 Å². The molecule has 0 aliphatic heterocycles. The molecular weight excluding hydrogens is 250 g/mol. The zero-order valence-electron chi connectivity index (χ0n) is 14.0. The fourth-order valence-electron chi connectivity index (χ4n) is 3.82. The number of aliphatic hydroxyl groups is 1. The topological polar surface area (TPSA) is 32.7 Å². The van der Waals surface area contributed by atoms with Crippen LogP contribution in [0.5, 0.6) is 0 Å². The minimum Gasteiger partial charge on any atom is -0.391 e. The molecule has 0 radical (unpaired) electrons. The van der Waals surface area contributed by atoms with Gasteiger partial charge in [0.05, 0.1) is 12.7 Å². The molecule has 3 nitrogen and oxygen atoms in total. The van der Waals surface area contributed by atoms with Gasteiger partial charge in [0.1, 0.15) is 0 Å². The Bertz CT molecular complexity index is 243. The second-order valence-corrected chi connectivity index (χ2v) is 6.30. The van der Waals surface area contributed by atoms with E-state index in [1.54, 1.807) is 7.11 Å². The lowest BCUT2D eigenvalue weighted by Gasteiger charge is -2.44. The van der Waals surface area contributed by atoms with Gasteiger partial charge in [-0.1, -0.05) is 33.6 Å². The van der Waals surface area contributed by atoms with Crippen LogP contribution < -0.4 is 0 Å². The second kappa shape index (κ2) is 9.75. The van der Waals surface area contributed by atoms with E-state index in [0.29, 0.717) is 12.1 Å². The van der Waals surface area contributed by atoms with Crippen molar-refractivity contribution < 1.29 is 9.84 Å². The predicted molar refractivity (Wildman–Crippen MR) is 85.0 cm³/mol. The Balaban J connectivity index is 2.74. The Morgan fingerprint density at radius 3 is 2.45 bits per heavy atom. The van der Waals surface area contributed by atoms with Gasteiger partial charge in [0.2, 0.25) is 0 Å². The maximum Gasteiger partial charge on any atom is 0.0695 e. The van der Waals surface area contributed by atoms with E-state index in [1.165, 1.54) is 19.3 Å². The van der Waals surface area contributed by atoms with Gasteiger partial charge in [-0.05, 0) is 38.0 Å². The van der Waals surface area contributed by atoms with Gasteiger partial charge >= 0.3 is 0 Å². The molecule has 1 aliphatic carbocycles. The highest BCUT2D eigenvalue weighted by Crippen LogP contribution is 2.32. The number of rotatable bonds is 9. The van der Waals surface area contributed by atoms with Crippen LogP contribution in [0, 0.1) is 5.92 Å². The summed E-state index contributed by atoms with van der Waals surface area (Å²) in [6.07, 6.45) is 8.06. The van der Waals surface area contributed by atoms with Crippen LogP contribution >= 0.6 is 0 Å². The van der Waals surface area contributed by atoms with E-state index in [2.05, 4.69) is 25.7 Å². The van der Waals surface area contributed by atoms with Crippen molar-refractivity contribution >= 4 is 0 Å². The Morgan fingerprint density at radius 1 is 1.20 bits per heavy atom. The summed E-state index contributed by atoms with van der Waals surface area (Å²) in [5, 5.41) is 10.5. The first-order valence-corrected chi connectivity index (χ1v) is 8.60. The van der Waals surface area contributed by atoms with E-state index in [4.69, 9.17) is 4.74 Å². The van der Waals surface area contributed by atoms with E-state index in [-0.39, 0.29) is 6.10 Å². The minimum atomic E-state index is -0.152. The molecule has 1 aliphatic rings. The molecule has 1 saturated carbocycles. The lowest BCUT2D eigenvalue weighted by Crippen LogP contribution is -2.52. The molecule has 0 bridgehead atoms. The van der Waals surface area contributed by atoms with Crippen LogP contribution in [0.15, 0.2) is 0 Å². The lowest BCUT2D eigenvalue weighted by atomic mass is 9.80. The highest BCUT2D eigenvalue weighted by atomic mass is 16.5. The van der Waals surface area contributed by atoms with Gasteiger partial charge in [-0.2, -0.15) is 0 Å². The summed E-state index contributed by atoms with van der Waals surface area (Å²) in [6, 6.07) is 0.908. The van der Waals surface area contributed by atoms with Crippen molar-refractivity contribution in [3.8, 4) is 0 Å². The zero-order valence-corrected chi connectivity index (χ0v) is 14.0. The van der Waals surface area contributed by atoms with Crippen molar-refractivity contribution in [1.82, 2.24) is 4.90 Å². The number of hydrogen-bond acceptors (Lipinski definition) is 3. The first-order chi connectivity index (χ1) is 9.67. The molecule has 0 aromatic rings. The Hall–Kier alpha value is -0.120. The summed E-state index contributed by atoms with van der Waals surface area (Å²) < 4.78 is 5.29. The molecule has 3 unspecified atom stereocenters. The molecule has 0 spiro atoms. The molecule has 1 N–H and O–H groups in total. The van der Waals surface area contributed by atoms with Gasteiger partial charge in [-0.3, -0.25) is 4.90 Å². The van der Waals surface area contributed by atoms with Crippen molar-refractivity contribution in [1.29, 1.82) is 0 Å². The van der Waals surface area contributed by atoms with E-state index >= 15 is 0 Å². The number of methoxy groups -OCH3 is 1. The lowest BCUT2D eigenvalue weighted by molar-refractivity contribution is -0.0284. The zero-order chi connectivity index (χ0) is 15.0. The molecule has 3 atom stereocenters. The van der Waals surface area contributed by atoms with E-state index in [0.717, 1.165) is 44.8 Å². The van der Waals surface area contributed by atoms with Crippen molar-refractivity contribution in [2.45, 2.75) is 83.9 Å². The SMILES string of the molecule is CCCC1CCC(O)C(N(CCOC)C(CC)CC)C1. The van der Waals surface area contributed by atoms with Gasteiger partial charge in [-0.15, -0.1) is 0 Å². The third kappa shape index (κ3) is 5.01. The molecule has 0 amide bonds. The molecule has 3 heteroatoms. The first kappa shape index (κ1) is 17.9. The molecule has 1 rings (SSSR count). The van der Waals surface area contributed by atoms with Gasteiger partial charge in [-0.25, -0.2) is 0 Å². The predicted octanol–water partition coefficient (Wildman–Crippen LogP) is 3.45. The third-order valence-electron chi connectivity index (χ3n) is 4.98. The Morgan fingerprint density at radius 2 is 1.90 bits per heavy atom. The maximum atomic E-state index is 10.5. The van der Waals surface area contributed by atoms with Gasteiger partial charge in [0.15, 0.2) is 0 Å². The monoisotopic (exact) mass is 285 g/mol. The normalized spacial score (nSPS) is 27.4. The molecule has 0 aromatic carbocycles. The quantitative estimate of drug-likeness (QED) is 0.704. The second-order valence-electron chi connectivity index (χ2n) is 6.30. The van der Waals surface area contributed by atoms with Crippen molar-refractivity contribution in [3.63, 3.8) is 0 Å². The summed E-state index contributed by atoms with van der Waals surface area (Å²) in [5.41, 5.74) is 0. The summed E-state index contributed by atoms with van der Waals surface area (Å²) in [4.78, 5) is 2.54. The maximum absolute atomic E-state index is 10.5. The van der Waals surface area contributed by atoms with Crippen LogP contribution in [0.2, 0.25) is 0 Å². The number of nitrogens with zero attached hydrogens (tertiary/aromatic N) is 1. The van der Waals surface area contributed by atoms with Crippen LogP contribution in [0.3, 0.4) is 0 Å². The Labute approximate surface area is 125 Å². The van der Waals surface area contributed by atoms with Crippen molar-refractivity contribution in [3.05, 3.63) is 0 Å². The fraction of sp³-hybridized carbons (Fsp3) is 1.00. The van der Waals surface area contributed by atoms with Crippen LogP contribution in [-0.4, -0.2) is 48.5 Å². The summed E-state index contributed by atoms with van der Waals surface area (Å²) in [6.45, 7) is 8.49. The van der Waals surface area contributed by atoms with Crippen LogP contribution in [0.4, 0.5) is 0 Å². The van der Waals surface area contributed by atoms with Crippen LogP contribution in [0.1, 0.15) is 65.7 Å². The largest absolute Gasteiger partial charge is 0.391 e. The smallest absolute Gasteiger partial charge is 0.0695 e.